The Labute approximate surface area is 102 Å². The summed E-state index contributed by atoms with van der Waals surface area (Å²) in [5, 5.41) is 0. The number of likely N-dealkylation sites (tertiary alicyclic amines) is 1. The third-order valence-electron chi connectivity index (χ3n) is 5.00. The molecule has 0 aromatic heterocycles. The summed E-state index contributed by atoms with van der Waals surface area (Å²) < 4.78 is 0. The Hall–Kier alpha value is -0.0400. The summed E-state index contributed by atoms with van der Waals surface area (Å²) in [6.07, 6.45) is 7.14. The molecule has 0 aromatic carbocycles. The van der Waals surface area contributed by atoms with Crippen LogP contribution in [0.2, 0.25) is 0 Å². The van der Waals surface area contributed by atoms with Gasteiger partial charge in [0, 0.05) is 6.04 Å². The first-order valence-corrected chi connectivity index (χ1v) is 7.24. The number of nitrogens with zero attached hydrogens (tertiary/aromatic N) is 1. The molecule has 1 aliphatic heterocycles. The predicted molar refractivity (Wildman–Crippen MR) is 70.6 cm³/mol. The Morgan fingerprint density at radius 1 is 0.938 bits per heavy atom. The van der Waals surface area contributed by atoms with Crippen molar-refractivity contribution in [1.82, 2.24) is 4.90 Å². The Kier molecular flexibility index (Phi) is 3.63. The van der Waals surface area contributed by atoms with Crippen molar-refractivity contribution in [3.8, 4) is 0 Å². The molecule has 2 aliphatic rings. The molecular formula is C15H29N. The van der Waals surface area contributed by atoms with E-state index in [1.807, 2.05) is 0 Å². The molecule has 3 atom stereocenters. The molecule has 16 heavy (non-hydrogen) atoms. The zero-order chi connectivity index (χ0) is 11.8. The van der Waals surface area contributed by atoms with E-state index in [0.29, 0.717) is 5.41 Å². The topological polar surface area (TPSA) is 3.24 Å². The molecule has 0 bridgehead atoms. The third-order valence-corrected chi connectivity index (χ3v) is 5.00. The lowest BCUT2D eigenvalue weighted by Crippen LogP contribution is -2.50. The molecule has 1 saturated carbocycles. The number of hydrogen-bond donors (Lipinski definition) is 0. The van der Waals surface area contributed by atoms with Gasteiger partial charge in [-0.15, -0.1) is 0 Å². The van der Waals surface area contributed by atoms with Crippen LogP contribution in [0.3, 0.4) is 0 Å². The maximum atomic E-state index is 2.80. The average Bonchev–Trinajstić information content (AvgIpc) is 2.24. The van der Waals surface area contributed by atoms with Crippen molar-refractivity contribution in [2.24, 2.45) is 17.3 Å². The lowest BCUT2D eigenvalue weighted by molar-refractivity contribution is 0.0119. The quantitative estimate of drug-likeness (QED) is 0.651. The maximum absolute atomic E-state index is 2.80. The summed E-state index contributed by atoms with van der Waals surface area (Å²) in [4.78, 5) is 2.80. The van der Waals surface area contributed by atoms with Crippen molar-refractivity contribution in [1.29, 1.82) is 0 Å². The predicted octanol–water partition coefficient (Wildman–Crippen LogP) is 3.93. The first-order chi connectivity index (χ1) is 7.49. The minimum Gasteiger partial charge on any atom is -0.300 e. The van der Waals surface area contributed by atoms with Crippen LogP contribution in [0.4, 0.5) is 0 Å². The Morgan fingerprint density at radius 3 is 2.19 bits per heavy atom. The van der Waals surface area contributed by atoms with Crippen LogP contribution in [0.15, 0.2) is 0 Å². The van der Waals surface area contributed by atoms with E-state index in [-0.39, 0.29) is 0 Å². The lowest BCUT2D eigenvalue weighted by atomic mass is 9.65. The molecule has 0 amide bonds. The van der Waals surface area contributed by atoms with Gasteiger partial charge in [0.05, 0.1) is 0 Å². The Morgan fingerprint density at radius 2 is 1.56 bits per heavy atom. The van der Waals surface area contributed by atoms with Crippen molar-refractivity contribution in [3.05, 3.63) is 0 Å². The summed E-state index contributed by atoms with van der Waals surface area (Å²) in [6.45, 7) is 12.6. The normalized spacial score (nSPS) is 40.9. The molecule has 3 unspecified atom stereocenters. The molecule has 2 rings (SSSR count). The zero-order valence-electron chi connectivity index (χ0n) is 11.6. The highest BCUT2D eigenvalue weighted by Gasteiger charge is 2.39. The van der Waals surface area contributed by atoms with E-state index in [9.17, 15) is 0 Å². The third kappa shape index (κ3) is 2.61. The van der Waals surface area contributed by atoms with Gasteiger partial charge in [-0.2, -0.15) is 0 Å². The molecule has 0 aromatic rings. The second-order valence-electron chi connectivity index (χ2n) is 7.07. The van der Waals surface area contributed by atoms with Gasteiger partial charge in [0.1, 0.15) is 0 Å². The Bertz CT molecular complexity index is 228. The average molecular weight is 223 g/mol. The number of piperidine rings is 1. The summed E-state index contributed by atoms with van der Waals surface area (Å²) in [5.74, 6) is 1.79. The summed E-state index contributed by atoms with van der Waals surface area (Å²) in [5.41, 5.74) is 0.564. The van der Waals surface area contributed by atoms with Crippen LogP contribution in [0.1, 0.15) is 59.8 Å². The number of rotatable bonds is 1. The largest absolute Gasteiger partial charge is 0.300 e. The minimum absolute atomic E-state index is 0.564. The van der Waals surface area contributed by atoms with Gasteiger partial charge < -0.3 is 4.90 Å². The zero-order valence-corrected chi connectivity index (χ0v) is 11.6. The van der Waals surface area contributed by atoms with E-state index in [1.165, 1.54) is 45.2 Å². The van der Waals surface area contributed by atoms with Crippen molar-refractivity contribution >= 4 is 0 Å². The Balaban J connectivity index is 2.05. The van der Waals surface area contributed by atoms with E-state index < -0.39 is 0 Å². The van der Waals surface area contributed by atoms with E-state index >= 15 is 0 Å². The molecule has 1 nitrogen and oxygen atoms in total. The van der Waals surface area contributed by atoms with Gasteiger partial charge in [0.2, 0.25) is 0 Å². The van der Waals surface area contributed by atoms with E-state index in [4.69, 9.17) is 0 Å². The molecule has 1 heterocycles. The minimum atomic E-state index is 0.564. The van der Waals surface area contributed by atoms with Gasteiger partial charge in [0.15, 0.2) is 0 Å². The standard InChI is InChI=1S/C15H29N/c1-12-10-15(3,4)11-14(13(12)2)16-8-6-5-7-9-16/h12-14H,5-11H2,1-4H3. The summed E-state index contributed by atoms with van der Waals surface area (Å²) in [7, 11) is 0. The monoisotopic (exact) mass is 223 g/mol. The smallest absolute Gasteiger partial charge is 0.0128 e. The summed E-state index contributed by atoms with van der Waals surface area (Å²) in [6, 6.07) is 0.860. The van der Waals surface area contributed by atoms with E-state index in [2.05, 4.69) is 32.6 Å². The molecule has 0 spiro atoms. The van der Waals surface area contributed by atoms with Crippen LogP contribution in [0.25, 0.3) is 0 Å². The summed E-state index contributed by atoms with van der Waals surface area (Å²) >= 11 is 0. The van der Waals surface area contributed by atoms with E-state index in [1.54, 1.807) is 0 Å². The lowest BCUT2D eigenvalue weighted by Gasteiger charge is -2.49. The van der Waals surface area contributed by atoms with Crippen molar-refractivity contribution in [3.63, 3.8) is 0 Å². The van der Waals surface area contributed by atoms with Crippen LogP contribution < -0.4 is 0 Å². The first-order valence-electron chi connectivity index (χ1n) is 7.24. The maximum Gasteiger partial charge on any atom is 0.0128 e. The van der Waals surface area contributed by atoms with Gasteiger partial charge >= 0.3 is 0 Å². The van der Waals surface area contributed by atoms with Gasteiger partial charge in [-0.1, -0.05) is 34.1 Å². The highest BCUT2D eigenvalue weighted by molar-refractivity contribution is 4.92. The van der Waals surface area contributed by atoms with Gasteiger partial charge in [-0.05, 0) is 56.0 Å². The molecule has 0 radical (unpaired) electrons. The van der Waals surface area contributed by atoms with Gasteiger partial charge in [-0.3, -0.25) is 0 Å². The molecule has 1 aliphatic carbocycles. The van der Waals surface area contributed by atoms with Crippen molar-refractivity contribution in [2.75, 3.05) is 13.1 Å². The van der Waals surface area contributed by atoms with Crippen LogP contribution in [0.5, 0.6) is 0 Å². The fourth-order valence-electron chi connectivity index (χ4n) is 3.98. The first kappa shape index (κ1) is 12.4. The SMILES string of the molecule is CC1CC(C)(C)CC(N2CCCCC2)C1C. The van der Waals surface area contributed by atoms with Gasteiger partial charge in [0.25, 0.3) is 0 Å². The molecule has 94 valence electrons. The molecule has 2 fully saturated rings. The van der Waals surface area contributed by atoms with Crippen LogP contribution >= 0.6 is 0 Å². The fourth-order valence-corrected chi connectivity index (χ4v) is 3.98. The second-order valence-corrected chi connectivity index (χ2v) is 7.07. The molecular weight excluding hydrogens is 194 g/mol. The second kappa shape index (κ2) is 4.68. The molecule has 1 heteroatoms. The van der Waals surface area contributed by atoms with E-state index in [0.717, 1.165) is 17.9 Å². The molecule has 0 N–H and O–H groups in total. The number of hydrogen-bond acceptors (Lipinski definition) is 1. The highest BCUT2D eigenvalue weighted by Crippen LogP contribution is 2.43. The molecule has 1 saturated heterocycles. The van der Waals surface area contributed by atoms with Crippen molar-refractivity contribution in [2.45, 2.75) is 65.8 Å². The highest BCUT2D eigenvalue weighted by atomic mass is 15.2. The van der Waals surface area contributed by atoms with Gasteiger partial charge in [-0.25, -0.2) is 0 Å². The van der Waals surface area contributed by atoms with Crippen LogP contribution in [0, 0.1) is 17.3 Å². The van der Waals surface area contributed by atoms with Crippen LogP contribution in [-0.4, -0.2) is 24.0 Å². The van der Waals surface area contributed by atoms with Crippen molar-refractivity contribution < 1.29 is 0 Å². The fraction of sp³-hybridized carbons (Fsp3) is 1.00. The van der Waals surface area contributed by atoms with Crippen LogP contribution in [-0.2, 0) is 0 Å².